The summed E-state index contributed by atoms with van der Waals surface area (Å²) in [6, 6.07) is 0. The van der Waals surface area contributed by atoms with Crippen molar-refractivity contribution in [1.29, 1.82) is 0 Å². The number of hydrogen-bond acceptors (Lipinski definition) is 4. The Hall–Kier alpha value is -1.00. The van der Waals surface area contributed by atoms with Gasteiger partial charge in [-0.15, -0.1) is 0 Å². The van der Waals surface area contributed by atoms with Gasteiger partial charge < -0.3 is 10.8 Å². The summed E-state index contributed by atoms with van der Waals surface area (Å²) in [5.74, 6) is 0. The van der Waals surface area contributed by atoms with Gasteiger partial charge in [0, 0.05) is 24.0 Å². The van der Waals surface area contributed by atoms with Gasteiger partial charge in [-0.25, -0.2) is 9.97 Å². The number of aromatic nitrogens is 2. The Balaban J connectivity index is 2.93. The van der Waals surface area contributed by atoms with Gasteiger partial charge in [0.1, 0.15) is 6.33 Å². The molecule has 1 atom stereocenters. The summed E-state index contributed by atoms with van der Waals surface area (Å²) in [7, 11) is 0. The third-order valence-corrected chi connectivity index (χ3v) is 1.53. The molecule has 0 spiro atoms. The lowest BCUT2D eigenvalue weighted by molar-refractivity contribution is 0.185. The van der Waals surface area contributed by atoms with Crippen molar-refractivity contribution in [2.24, 2.45) is 5.73 Å². The molecule has 0 aliphatic rings. The molecule has 60 valence electrons. The van der Waals surface area contributed by atoms with Crippen LogP contribution in [0.5, 0.6) is 0 Å². The molecule has 0 aliphatic heterocycles. The van der Waals surface area contributed by atoms with E-state index in [1.54, 1.807) is 6.20 Å². The Labute approximate surface area is 65.1 Å². The molecule has 11 heavy (non-hydrogen) atoms. The summed E-state index contributed by atoms with van der Waals surface area (Å²) in [6.07, 6.45) is 2.39. The number of aryl methyl sites for hydroxylation is 1. The minimum absolute atomic E-state index is 0.203. The molecule has 3 N–H and O–H groups in total. The Morgan fingerprint density at radius 2 is 2.45 bits per heavy atom. The first-order valence-corrected chi connectivity index (χ1v) is 3.40. The van der Waals surface area contributed by atoms with Crippen LogP contribution in [0.25, 0.3) is 0 Å². The van der Waals surface area contributed by atoms with E-state index in [-0.39, 0.29) is 6.54 Å². The van der Waals surface area contributed by atoms with Crippen LogP contribution in [-0.2, 0) is 0 Å². The van der Waals surface area contributed by atoms with Crippen LogP contribution in [0.2, 0.25) is 0 Å². The highest BCUT2D eigenvalue weighted by Gasteiger charge is 2.07. The lowest BCUT2D eigenvalue weighted by Gasteiger charge is -2.08. The highest BCUT2D eigenvalue weighted by atomic mass is 16.3. The van der Waals surface area contributed by atoms with Crippen LogP contribution in [-0.4, -0.2) is 21.6 Å². The van der Waals surface area contributed by atoms with Crippen LogP contribution in [0, 0.1) is 6.92 Å². The summed E-state index contributed by atoms with van der Waals surface area (Å²) in [6.45, 7) is 2.02. The van der Waals surface area contributed by atoms with Gasteiger partial charge in [-0.2, -0.15) is 0 Å². The third-order valence-electron chi connectivity index (χ3n) is 1.53. The van der Waals surface area contributed by atoms with E-state index in [2.05, 4.69) is 9.97 Å². The first-order chi connectivity index (χ1) is 5.25. The first kappa shape index (κ1) is 8.10. The fourth-order valence-corrected chi connectivity index (χ4v) is 0.856. The summed E-state index contributed by atoms with van der Waals surface area (Å²) in [5, 5.41) is 9.31. The molecule has 0 bridgehead atoms. The van der Waals surface area contributed by atoms with Crippen LogP contribution in [0.3, 0.4) is 0 Å². The Morgan fingerprint density at radius 1 is 1.73 bits per heavy atom. The zero-order chi connectivity index (χ0) is 8.27. The van der Waals surface area contributed by atoms with E-state index in [4.69, 9.17) is 5.73 Å². The Kier molecular flexibility index (Phi) is 2.51. The summed E-state index contributed by atoms with van der Waals surface area (Å²) in [5.41, 5.74) is 6.75. The van der Waals surface area contributed by atoms with E-state index in [1.807, 2.05) is 6.92 Å². The lowest BCUT2D eigenvalue weighted by Crippen LogP contribution is -2.13. The highest BCUT2D eigenvalue weighted by Crippen LogP contribution is 2.11. The van der Waals surface area contributed by atoms with Crippen molar-refractivity contribution in [2.45, 2.75) is 13.0 Å². The molecule has 1 rings (SSSR count). The lowest BCUT2D eigenvalue weighted by atomic mass is 10.1. The molecule has 0 saturated heterocycles. The second kappa shape index (κ2) is 3.41. The number of rotatable bonds is 2. The standard InChI is InChI=1S/C7H11N3O/c1-5-6(7(11)2-8)3-9-4-10-5/h3-4,7,11H,2,8H2,1H3/t7-/m0/s1. The van der Waals surface area contributed by atoms with Gasteiger partial charge in [0.05, 0.1) is 6.10 Å². The molecule has 0 amide bonds. The molecule has 1 heterocycles. The van der Waals surface area contributed by atoms with Crippen LogP contribution in [0.1, 0.15) is 17.4 Å². The van der Waals surface area contributed by atoms with E-state index >= 15 is 0 Å². The first-order valence-electron chi connectivity index (χ1n) is 3.40. The zero-order valence-electron chi connectivity index (χ0n) is 6.36. The molecular formula is C7H11N3O. The average Bonchev–Trinajstić information content (AvgIpc) is 2.04. The quantitative estimate of drug-likeness (QED) is 0.616. The molecule has 0 aliphatic carbocycles. The van der Waals surface area contributed by atoms with Gasteiger partial charge in [-0.3, -0.25) is 0 Å². The van der Waals surface area contributed by atoms with E-state index in [9.17, 15) is 5.11 Å². The molecule has 0 radical (unpaired) electrons. The Morgan fingerprint density at radius 3 is 3.00 bits per heavy atom. The minimum Gasteiger partial charge on any atom is -0.387 e. The molecular weight excluding hydrogens is 142 g/mol. The maximum absolute atomic E-state index is 9.31. The number of aliphatic hydroxyl groups is 1. The summed E-state index contributed by atoms with van der Waals surface area (Å²) < 4.78 is 0. The largest absolute Gasteiger partial charge is 0.387 e. The van der Waals surface area contributed by atoms with Crippen molar-refractivity contribution >= 4 is 0 Å². The molecule has 1 aromatic heterocycles. The predicted octanol–water partition coefficient (Wildman–Crippen LogP) is -0.223. The fourth-order valence-electron chi connectivity index (χ4n) is 0.856. The maximum Gasteiger partial charge on any atom is 0.115 e. The highest BCUT2D eigenvalue weighted by molar-refractivity contribution is 5.17. The molecule has 4 heteroatoms. The Bertz CT molecular complexity index is 239. The SMILES string of the molecule is Cc1ncncc1[C@@H](O)CN. The second-order valence-electron chi connectivity index (χ2n) is 2.31. The maximum atomic E-state index is 9.31. The topological polar surface area (TPSA) is 72.0 Å². The van der Waals surface area contributed by atoms with Crippen LogP contribution >= 0.6 is 0 Å². The van der Waals surface area contributed by atoms with Crippen molar-refractivity contribution in [3.8, 4) is 0 Å². The van der Waals surface area contributed by atoms with Crippen molar-refractivity contribution in [2.75, 3.05) is 6.54 Å². The normalized spacial score (nSPS) is 13.0. The van der Waals surface area contributed by atoms with Crippen LogP contribution in [0.15, 0.2) is 12.5 Å². The number of aliphatic hydroxyl groups excluding tert-OH is 1. The zero-order valence-corrected chi connectivity index (χ0v) is 6.36. The van der Waals surface area contributed by atoms with Gasteiger partial charge >= 0.3 is 0 Å². The average molecular weight is 153 g/mol. The van der Waals surface area contributed by atoms with E-state index < -0.39 is 6.10 Å². The molecule has 4 nitrogen and oxygen atoms in total. The van der Waals surface area contributed by atoms with Gasteiger partial charge in [0.25, 0.3) is 0 Å². The second-order valence-corrected chi connectivity index (χ2v) is 2.31. The molecule has 0 unspecified atom stereocenters. The fraction of sp³-hybridized carbons (Fsp3) is 0.429. The minimum atomic E-state index is -0.642. The van der Waals surface area contributed by atoms with Gasteiger partial charge in [-0.1, -0.05) is 0 Å². The van der Waals surface area contributed by atoms with Crippen molar-refractivity contribution < 1.29 is 5.11 Å². The van der Waals surface area contributed by atoms with Crippen molar-refractivity contribution in [3.63, 3.8) is 0 Å². The van der Waals surface area contributed by atoms with Crippen molar-refractivity contribution in [1.82, 2.24) is 9.97 Å². The monoisotopic (exact) mass is 153 g/mol. The van der Waals surface area contributed by atoms with E-state index in [0.717, 1.165) is 5.69 Å². The van der Waals surface area contributed by atoms with E-state index in [0.29, 0.717) is 5.56 Å². The van der Waals surface area contributed by atoms with Crippen LogP contribution in [0.4, 0.5) is 0 Å². The van der Waals surface area contributed by atoms with Crippen LogP contribution < -0.4 is 5.73 Å². The molecule has 0 saturated carbocycles. The number of nitrogens with two attached hydrogens (primary N) is 1. The predicted molar refractivity (Wildman–Crippen MR) is 40.8 cm³/mol. The smallest absolute Gasteiger partial charge is 0.115 e. The van der Waals surface area contributed by atoms with Gasteiger partial charge in [0.2, 0.25) is 0 Å². The number of nitrogens with zero attached hydrogens (tertiary/aromatic N) is 2. The van der Waals surface area contributed by atoms with Gasteiger partial charge in [0.15, 0.2) is 0 Å². The summed E-state index contributed by atoms with van der Waals surface area (Å²) >= 11 is 0. The summed E-state index contributed by atoms with van der Waals surface area (Å²) in [4.78, 5) is 7.71. The molecule has 0 fully saturated rings. The molecule has 1 aromatic rings. The third kappa shape index (κ3) is 1.72. The number of hydrogen-bond donors (Lipinski definition) is 2. The molecule has 0 aromatic carbocycles. The van der Waals surface area contributed by atoms with Crippen molar-refractivity contribution in [3.05, 3.63) is 23.8 Å². The van der Waals surface area contributed by atoms with Gasteiger partial charge in [-0.05, 0) is 6.92 Å². The van der Waals surface area contributed by atoms with E-state index in [1.165, 1.54) is 6.33 Å².